The number of aryl methyl sites for hydroxylation is 6. The third-order valence-corrected chi connectivity index (χ3v) is 4.94. The van der Waals surface area contributed by atoms with Gasteiger partial charge in [0.2, 0.25) is 0 Å². The van der Waals surface area contributed by atoms with Gasteiger partial charge in [-0.25, -0.2) is 0 Å². The summed E-state index contributed by atoms with van der Waals surface area (Å²) in [6.45, 7) is 17.0. The van der Waals surface area contributed by atoms with E-state index >= 15 is 0 Å². The molecule has 6 heteroatoms. The molecule has 0 bridgehead atoms. The van der Waals surface area contributed by atoms with Gasteiger partial charge in [0.25, 0.3) is 0 Å². The van der Waals surface area contributed by atoms with Crippen LogP contribution in [0.15, 0.2) is 24.3 Å². The summed E-state index contributed by atoms with van der Waals surface area (Å²) >= 11 is 0. The van der Waals surface area contributed by atoms with E-state index in [2.05, 4.69) is 88.4 Å². The Labute approximate surface area is 203 Å². The molecule has 0 atom stereocenters. The van der Waals surface area contributed by atoms with Crippen molar-refractivity contribution in [2.75, 3.05) is 43.9 Å². The zero-order valence-corrected chi connectivity index (χ0v) is 21.9. The minimum atomic E-state index is 0. The Hall–Kier alpha value is -0.797. The number of nitrogens with zero attached hydrogens (tertiary/aromatic N) is 1. The molecule has 0 spiro atoms. The van der Waals surface area contributed by atoms with E-state index in [0.29, 0.717) is 0 Å². The summed E-state index contributed by atoms with van der Waals surface area (Å²) in [6.07, 6.45) is 0. The molecule has 0 fully saturated rings. The van der Waals surface area contributed by atoms with E-state index < -0.39 is 0 Å². The molecule has 2 N–H and O–H groups in total. The molecule has 29 heavy (non-hydrogen) atoms. The zero-order valence-electron chi connectivity index (χ0n) is 18.7. The summed E-state index contributed by atoms with van der Waals surface area (Å²) in [5.41, 5.74) is 10.6. The number of hydrogen-bond acceptors (Lipinski definition) is 3. The van der Waals surface area contributed by atoms with Crippen LogP contribution in [0.5, 0.6) is 0 Å². The molecule has 0 unspecified atom stereocenters. The standard InChI is InChI=1S/C23H35N3.2ClH.Ru/c1-16-12-18(3)22(19(4)13-16)24-8-10-26(7)11-9-25-23-20(5)14-17(2)15-21(23)6;;;/h12-15,24-25H,8-11H2,1-7H3;2*1H;/q;;;+2/p-2. The fraction of sp³-hybridized carbons (Fsp3) is 0.478. The largest absolute Gasteiger partial charge is 2.00 e. The van der Waals surface area contributed by atoms with Crippen molar-refractivity contribution in [3.63, 3.8) is 0 Å². The van der Waals surface area contributed by atoms with Gasteiger partial charge in [0.1, 0.15) is 0 Å². The summed E-state index contributed by atoms with van der Waals surface area (Å²) < 4.78 is 0. The zero-order chi connectivity index (χ0) is 19.3. The van der Waals surface area contributed by atoms with Crippen LogP contribution in [-0.2, 0) is 19.5 Å². The van der Waals surface area contributed by atoms with E-state index in [9.17, 15) is 0 Å². The van der Waals surface area contributed by atoms with Crippen molar-refractivity contribution in [2.24, 2.45) is 0 Å². The first-order chi connectivity index (χ1) is 12.3. The van der Waals surface area contributed by atoms with E-state index in [0.717, 1.165) is 26.2 Å². The molecule has 0 aliphatic heterocycles. The molecule has 0 aliphatic rings. The van der Waals surface area contributed by atoms with Crippen molar-refractivity contribution < 1.29 is 44.3 Å². The van der Waals surface area contributed by atoms with Crippen LogP contribution in [0.2, 0.25) is 0 Å². The molecule has 0 heterocycles. The number of benzene rings is 2. The fourth-order valence-electron chi connectivity index (χ4n) is 3.77. The van der Waals surface area contributed by atoms with Gasteiger partial charge in [-0.3, -0.25) is 0 Å². The first kappa shape index (κ1) is 30.4. The van der Waals surface area contributed by atoms with Crippen LogP contribution < -0.4 is 35.4 Å². The number of nitrogens with one attached hydrogen (secondary N) is 2. The van der Waals surface area contributed by atoms with Crippen LogP contribution in [0.4, 0.5) is 11.4 Å². The molecular formula is C23H35Cl2N3Ru. The molecule has 0 aromatic heterocycles. The van der Waals surface area contributed by atoms with Crippen molar-refractivity contribution in [2.45, 2.75) is 41.5 Å². The van der Waals surface area contributed by atoms with Crippen LogP contribution >= 0.6 is 0 Å². The quantitative estimate of drug-likeness (QED) is 0.434. The molecular weight excluding hydrogens is 490 g/mol. The van der Waals surface area contributed by atoms with Gasteiger partial charge in [-0.05, 0) is 70.8 Å². The molecule has 3 nitrogen and oxygen atoms in total. The molecule has 0 radical (unpaired) electrons. The van der Waals surface area contributed by atoms with E-state index in [1.807, 2.05) is 0 Å². The minimum Gasteiger partial charge on any atom is -1.00 e. The average molecular weight is 526 g/mol. The third kappa shape index (κ3) is 9.26. The maximum absolute atomic E-state index is 3.61. The number of halogens is 2. The molecule has 164 valence electrons. The van der Waals surface area contributed by atoms with Crippen molar-refractivity contribution in [3.05, 3.63) is 57.6 Å². The predicted octanol–water partition coefficient (Wildman–Crippen LogP) is -1.00. The van der Waals surface area contributed by atoms with E-state index in [1.54, 1.807) is 0 Å². The maximum atomic E-state index is 3.61. The molecule has 2 aromatic rings. The van der Waals surface area contributed by atoms with Crippen molar-refractivity contribution in [1.29, 1.82) is 0 Å². The van der Waals surface area contributed by atoms with Gasteiger partial charge in [0, 0.05) is 37.6 Å². The Balaban J connectivity index is 0. The normalized spacial score (nSPS) is 9.93. The van der Waals surface area contributed by atoms with Gasteiger partial charge in [-0.15, -0.1) is 0 Å². The SMILES string of the molecule is Cc1cc(C)c(NCCN(C)CCNc2c(C)cc(C)cc2C)c(C)c1.[Cl-].[Cl-].[Ru+2]. The van der Waals surface area contributed by atoms with Gasteiger partial charge in [-0.2, -0.15) is 0 Å². The summed E-state index contributed by atoms with van der Waals surface area (Å²) in [4.78, 5) is 2.37. The Morgan fingerprint density at radius 3 is 1.17 bits per heavy atom. The second-order valence-corrected chi connectivity index (χ2v) is 7.70. The van der Waals surface area contributed by atoms with Crippen LogP contribution in [0.1, 0.15) is 33.4 Å². The molecule has 0 aliphatic carbocycles. The Morgan fingerprint density at radius 2 is 0.897 bits per heavy atom. The van der Waals surface area contributed by atoms with Gasteiger partial charge in [0.05, 0.1) is 0 Å². The van der Waals surface area contributed by atoms with Crippen molar-refractivity contribution in [1.82, 2.24) is 4.90 Å². The first-order valence-electron chi connectivity index (χ1n) is 9.60. The molecule has 2 aromatic carbocycles. The second kappa shape index (κ2) is 14.3. The number of likely N-dealkylation sites (N-methyl/N-ethyl adjacent to an activating group) is 1. The van der Waals surface area contributed by atoms with E-state index in [-0.39, 0.29) is 44.3 Å². The smallest absolute Gasteiger partial charge is 1.00 e. The van der Waals surface area contributed by atoms with E-state index in [1.165, 1.54) is 44.8 Å². The third-order valence-electron chi connectivity index (χ3n) is 4.94. The number of anilines is 2. The number of hydrogen-bond donors (Lipinski definition) is 2. The monoisotopic (exact) mass is 525 g/mol. The first-order valence-corrected chi connectivity index (χ1v) is 9.60. The molecule has 2 rings (SSSR count). The summed E-state index contributed by atoms with van der Waals surface area (Å²) in [5.74, 6) is 0. The van der Waals surface area contributed by atoms with Gasteiger partial charge < -0.3 is 40.3 Å². The molecule has 0 saturated heterocycles. The Bertz CT molecular complexity index is 656. The van der Waals surface area contributed by atoms with Crippen molar-refractivity contribution >= 4 is 11.4 Å². The average Bonchev–Trinajstić information content (AvgIpc) is 2.52. The van der Waals surface area contributed by atoms with E-state index in [4.69, 9.17) is 0 Å². The summed E-state index contributed by atoms with van der Waals surface area (Å²) in [7, 11) is 2.19. The Morgan fingerprint density at radius 1 is 0.621 bits per heavy atom. The Kier molecular flexibility index (Phi) is 14.9. The van der Waals surface area contributed by atoms with Gasteiger partial charge in [0.15, 0.2) is 0 Å². The fourth-order valence-corrected chi connectivity index (χ4v) is 3.77. The minimum absolute atomic E-state index is 0. The van der Waals surface area contributed by atoms with Crippen molar-refractivity contribution in [3.8, 4) is 0 Å². The van der Waals surface area contributed by atoms with Gasteiger partial charge in [-0.1, -0.05) is 35.4 Å². The van der Waals surface area contributed by atoms with Crippen LogP contribution in [0, 0.1) is 41.5 Å². The summed E-state index contributed by atoms with van der Waals surface area (Å²) in [5, 5.41) is 7.22. The summed E-state index contributed by atoms with van der Waals surface area (Å²) in [6, 6.07) is 8.98. The van der Waals surface area contributed by atoms with Gasteiger partial charge >= 0.3 is 19.5 Å². The van der Waals surface area contributed by atoms with Crippen LogP contribution in [-0.4, -0.2) is 38.1 Å². The second-order valence-electron chi connectivity index (χ2n) is 7.70. The predicted molar refractivity (Wildman–Crippen MR) is 116 cm³/mol. The van der Waals surface area contributed by atoms with Crippen LogP contribution in [0.25, 0.3) is 0 Å². The molecule has 0 saturated carbocycles. The molecule has 0 amide bonds. The maximum Gasteiger partial charge on any atom is 2.00 e. The number of rotatable bonds is 8. The van der Waals surface area contributed by atoms with Crippen LogP contribution in [0.3, 0.4) is 0 Å². The topological polar surface area (TPSA) is 27.3 Å².